The molecule has 17 heavy (non-hydrogen) atoms. The summed E-state index contributed by atoms with van der Waals surface area (Å²) in [6.45, 7) is 4.46. The summed E-state index contributed by atoms with van der Waals surface area (Å²) in [5.41, 5.74) is 2.52. The number of rotatable bonds is 7. The van der Waals surface area contributed by atoms with Crippen LogP contribution in [0.25, 0.3) is 0 Å². The van der Waals surface area contributed by atoms with E-state index < -0.39 is 0 Å². The first-order valence-electron chi connectivity index (χ1n) is 6.41. The molecule has 0 unspecified atom stereocenters. The third-order valence-electron chi connectivity index (χ3n) is 3.20. The Kier molecular flexibility index (Phi) is 6.06. The van der Waals surface area contributed by atoms with E-state index >= 15 is 0 Å². The highest BCUT2D eigenvalue weighted by atomic mass is 16.5. The zero-order chi connectivity index (χ0) is 12.7. The largest absolute Gasteiger partial charge is 0.496 e. The van der Waals surface area contributed by atoms with Gasteiger partial charge in [-0.2, -0.15) is 0 Å². The van der Waals surface area contributed by atoms with Crippen LogP contribution >= 0.6 is 0 Å². The lowest BCUT2D eigenvalue weighted by molar-refractivity contribution is 0.227. The van der Waals surface area contributed by atoms with Gasteiger partial charge in [-0.05, 0) is 49.3 Å². The molecule has 2 nitrogen and oxygen atoms in total. The van der Waals surface area contributed by atoms with Crippen LogP contribution in [0.1, 0.15) is 37.3 Å². The normalized spacial score (nSPS) is 12.5. The summed E-state index contributed by atoms with van der Waals surface area (Å²) in [7, 11) is 1.72. The Hall–Kier alpha value is -1.02. The lowest BCUT2D eigenvalue weighted by atomic mass is 10.0. The highest BCUT2D eigenvalue weighted by Gasteiger charge is 2.02. The maximum atomic E-state index is 8.93. The zero-order valence-corrected chi connectivity index (χ0v) is 11.2. The van der Waals surface area contributed by atoms with Gasteiger partial charge in [-0.1, -0.05) is 25.5 Å². The van der Waals surface area contributed by atoms with Gasteiger partial charge in [0, 0.05) is 6.61 Å². The third-order valence-corrected chi connectivity index (χ3v) is 3.20. The van der Waals surface area contributed by atoms with Gasteiger partial charge < -0.3 is 9.84 Å². The van der Waals surface area contributed by atoms with Gasteiger partial charge in [-0.3, -0.25) is 0 Å². The van der Waals surface area contributed by atoms with Gasteiger partial charge in [-0.15, -0.1) is 0 Å². The molecule has 1 rings (SSSR count). The fraction of sp³-hybridized carbons (Fsp3) is 0.600. The van der Waals surface area contributed by atoms with Crippen molar-refractivity contribution < 1.29 is 9.84 Å². The molecular formula is C15H24O2. The van der Waals surface area contributed by atoms with Crippen LogP contribution in [0.4, 0.5) is 0 Å². The molecule has 2 heteroatoms. The molecule has 1 N–H and O–H groups in total. The fourth-order valence-electron chi connectivity index (χ4n) is 1.93. The standard InChI is InChI=1S/C15H24O2/c1-12(11-16)6-4-5-7-14-9-8-13(2)15(10-14)17-3/h8-10,12,16H,4-7,11H2,1-3H3/t12-/m0/s1. The summed E-state index contributed by atoms with van der Waals surface area (Å²) in [5.74, 6) is 1.41. The Morgan fingerprint density at radius 2 is 2.06 bits per heavy atom. The van der Waals surface area contributed by atoms with Crippen LogP contribution in [0.5, 0.6) is 5.75 Å². The number of methoxy groups -OCH3 is 1. The van der Waals surface area contributed by atoms with Gasteiger partial charge in [0.1, 0.15) is 5.75 Å². The molecule has 0 aliphatic heterocycles. The minimum absolute atomic E-state index is 0.304. The Morgan fingerprint density at radius 3 is 2.71 bits per heavy atom. The van der Waals surface area contributed by atoms with Gasteiger partial charge >= 0.3 is 0 Å². The summed E-state index contributed by atoms with van der Waals surface area (Å²) in [6.07, 6.45) is 4.56. The smallest absolute Gasteiger partial charge is 0.122 e. The maximum absolute atomic E-state index is 8.93. The molecule has 0 saturated heterocycles. The van der Waals surface area contributed by atoms with E-state index in [9.17, 15) is 0 Å². The fourth-order valence-corrected chi connectivity index (χ4v) is 1.93. The average molecular weight is 236 g/mol. The summed E-state index contributed by atoms with van der Waals surface area (Å²) in [5, 5.41) is 8.93. The van der Waals surface area contributed by atoms with Crippen molar-refractivity contribution >= 4 is 0 Å². The van der Waals surface area contributed by atoms with Crippen LogP contribution in [0.3, 0.4) is 0 Å². The monoisotopic (exact) mass is 236 g/mol. The van der Waals surface area contributed by atoms with Crippen molar-refractivity contribution in [3.05, 3.63) is 29.3 Å². The van der Waals surface area contributed by atoms with E-state index in [0.717, 1.165) is 18.6 Å². The van der Waals surface area contributed by atoms with Gasteiger partial charge in [0.05, 0.1) is 7.11 Å². The Morgan fingerprint density at radius 1 is 1.29 bits per heavy atom. The van der Waals surface area contributed by atoms with Crippen molar-refractivity contribution in [1.29, 1.82) is 0 Å². The average Bonchev–Trinajstić information content (AvgIpc) is 2.36. The molecule has 96 valence electrons. The Bertz CT molecular complexity index is 334. The van der Waals surface area contributed by atoms with Crippen molar-refractivity contribution in [1.82, 2.24) is 0 Å². The Balaban J connectivity index is 2.36. The van der Waals surface area contributed by atoms with Crippen LogP contribution in [-0.4, -0.2) is 18.8 Å². The van der Waals surface area contributed by atoms with Gasteiger partial charge in [0.15, 0.2) is 0 Å². The van der Waals surface area contributed by atoms with E-state index in [2.05, 4.69) is 32.0 Å². The zero-order valence-electron chi connectivity index (χ0n) is 11.2. The lowest BCUT2D eigenvalue weighted by Crippen LogP contribution is -2.00. The van der Waals surface area contributed by atoms with Crippen molar-refractivity contribution in [3.63, 3.8) is 0 Å². The number of aliphatic hydroxyl groups is 1. The number of aryl methyl sites for hydroxylation is 2. The molecule has 0 radical (unpaired) electrons. The number of aliphatic hydroxyl groups excluding tert-OH is 1. The third kappa shape index (κ3) is 4.78. The van der Waals surface area contributed by atoms with Crippen molar-refractivity contribution in [2.45, 2.75) is 39.5 Å². The molecule has 0 bridgehead atoms. The highest BCUT2D eigenvalue weighted by molar-refractivity contribution is 5.36. The highest BCUT2D eigenvalue weighted by Crippen LogP contribution is 2.20. The second kappa shape index (κ2) is 7.33. The first-order valence-corrected chi connectivity index (χ1v) is 6.41. The molecule has 1 aromatic carbocycles. The maximum Gasteiger partial charge on any atom is 0.122 e. The van der Waals surface area contributed by atoms with Crippen molar-refractivity contribution in [3.8, 4) is 5.75 Å². The van der Waals surface area contributed by atoms with Crippen LogP contribution in [0.2, 0.25) is 0 Å². The van der Waals surface area contributed by atoms with E-state index in [4.69, 9.17) is 9.84 Å². The molecule has 0 aliphatic rings. The number of hydrogen-bond acceptors (Lipinski definition) is 2. The Labute approximate surface area is 105 Å². The second-order valence-electron chi connectivity index (χ2n) is 4.84. The molecule has 0 fully saturated rings. The first kappa shape index (κ1) is 14.0. The van der Waals surface area contributed by atoms with E-state index in [-0.39, 0.29) is 0 Å². The van der Waals surface area contributed by atoms with E-state index in [1.807, 2.05) is 0 Å². The predicted molar refractivity (Wildman–Crippen MR) is 71.5 cm³/mol. The van der Waals surface area contributed by atoms with E-state index in [0.29, 0.717) is 12.5 Å². The molecule has 1 atom stereocenters. The summed E-state index contributed by atoms with van der Waals surface area (Å²) in [4.78, 5) is 0. The van der Waals surface area contributed by atoms with Crippen LogP contribution in [0.15, 0.2) is 18.2 Å². The minimum Gasteiger partial charge on any atom is -0.496 e. The number of ether oxygens (including phenoxy) is 1. The van der Waals surface area contributed by atoms with Crippen LogP contribution in [0, 0.1) is 12.8 Å². The number of benzene rings is 1. The van der Waals surface area contributed by atoms with Crippen LogP contribution < -0.4 is 4.74 Å². The molecule has 0 heterocycles. The molecule has 0 aromatic heterocycles. The van der Waals surface area contributed by atoms with Crippen LogP contribution in [-0.2, 0) is 6.42 Å². The molecular weight excluding hydrogens is 212 g/mol. The van der Waals surface area contributed by atoms with Crippen molar-refractivity contribution in [2.24, 2.45) is 5.92 Å². The predicted octanol–water partition coefficient (Wildman–Crippen LogP) is 3.34. The SMILES string of the molecule is COc1cc(CCCC[C@H](C)CO)ccc1C. The summed E-state index contributed by atoms with van der Waals surface area (Å²) < 4.78 is 5.31. The summed E-state index contributed by atoms with van der Waals surface area (Å²) >= 11 is 0. The number of unbranched alkanes of at least 4 members (excludes halogenated alkanes) is 1. The summed E-state index contributed by atoms with van der Waals surface area (Å²) in [6, 6.07) is 6.42. The second-order valence-corrected chi connectivity index (χ2v) is 4.84. The molecule has 0 aliphatic carbocycles. The molecule has 1 aromatic rings. The van der Waals surface area contributed by atoms with Gasteiger partial charge in [0.25, 0.3) is 0 Å². The molecule has 0 amide bonds. The minimum atomic E-state index is 0.304. The topological polar surface area (TPSA) is 29.5 Å². The van der Waals surface area contributed by atoms with Gasteiger partial charge in [-0.25, -0.2) is 0 Å². The van der Waals surface area contributed by atoms with E-state index in [1.165, 1.54) is 24.0 Å². The first-order chi connectivity index (χ1) is 8.17. The molecule has 0 spiro atoms. The van der Waals surface area contributed by atoms with E-state index in [1.54, 1.807) is 7.11 Å². The van der Waals surface area contributed by atoms with Gasteiger partial charge in [0.2, 0.25) is 0 Å². The molecule has 0 saturated carbocycles. The number of hydrogen-bond donors (Lipinski definition) is 1. The lowest BCUT2D eigenvalue weighted by Gasteiger charge is -2.09. The quantitative estimate of drug-likeness (QED) is 0.736. The van der Waals surface area contributed by atoms with Crippen molar-refractivity contribution in [2.75, 3.05) is 13.7 Å².